The number of H-pyrrole nitrogens is 1. The first-order valence-corrected chi connectivity index (χ1v) is 5.82. The predicted octanol–water partition coefficient (Wildman–Crippen LogP) is 2.76. The van der Waals surface area contributed by atoms with Gasteiger partial charge >= 0.3 is 0 Å². The van der Waals surface area contributed by atoms with Crippen LogP contribution in [0.5, 0.6) is 0 Å². The van der Waals surface area contributed by atoms with Crippen molar-refractivity contribution >= 4 is 35.1 Å². The van der Waals surface area contributed by atoms with Crippen LogP contribution in [0.1, 0.15) is 15.4 Å². The molecule has 0 saturated carbocycles. The molecule has 1 amide bonds. The molecule has 0 spiro atoms. The highest BCUT2D eigenvalue weighted by atomic mass is 32.1. The van der Waals surface area contributed by atoms with Crippen LogP contribution in [0.15, 0.2) is 24.3 Å². The largest absolute Gasteiger partial charge is 0.320 e. The van der Waals surface area contributed by atoms with Gasteiger partial charge in [0.15, 0.2) is 3.95 Å². The minimum absolute atomic E-state index is 0.244. The average Bonchev–Trinajstić information content (AvgIpc) is 2.68. The number of hydrogen-bond acceptors (Lipinski definition) is 4. The summed E-state index contributed by atoms with van der Waals surface area (Å²) in [4.78, 5) is 11.8. The first kappa shape index (κ1) is 11.0. The third-order valence-corrected chi connectivity index (χ3v) is 3.11. The van der Waals surface area contributed by atoms with Gasteiger partial charge in [0, 0.05) is 5.69 Å². The van der Waals surface area contributed by atoms with Gasteiger partial charge < -0.3 is 5.32 Å². The monoisotopic (exact) mass is 251 g/mol. The molecule has 2 aromatic rings. The van der Waals surface area contributed by atoms with E-state index < -0.39 is 0 Å². The van der Waals surface area contributed by atoms with Gasteiger partial charge in [0.05, 0.1) is 0 Å². The number of rotatable bonds is 2. The van der Waals surface area contributed by atoms with Crippen LogP contribution in [0.25, 0.3) is 0 Å². The zero-order valence-corrected chi connectivity index (χ0v) is 10.1. The Kier molecular flexibility index (Phi) is 3.12. The van der Waals surface area contributed by atoms with Gasteiger partial charge in [-0.25, -0.2) is 0 Å². The van der Waals surface area contributed by atoms with Crippen molar-refractivity contribution in [1.29, 1.82) is 0 Å². The molecular formula is C10H9N3OS2. The van der Waals surface area contributed by atoms with E-state index in [-0.39, 0.29) is 5.91 Å². The number of hydrogen-bond donors (Lipinski definition) is 2. The summed E-state index contributed by atoms with van der Waals surface area (Å²) < 4.78 is 0.495. The standard InChI is InChI=1S/C10H9N3OS2/c1-6-4-2-3-5-7(6)11-8(14)9-12-13-10(15)16-9/h2-5H,1H3,(H,11,14)(H,13,15). The van der Waals surface area contributed by atoms with E-state index >= 15 is 0 Å². The lowest BCUT2D eigenvalue weighted by molar-refractivity contribution is 0.102. The Morgan fingerprint density at radius 3 is 2.88 bits per heavy atom. The Balaban J connectivity index is 2.20. The molecule has 0 radical (unpaired) electrons. The fourth-order valence-electron chi connectivity index (χ4n) is 1.22. The molecule has 1 aromatic heterocycles. The summed E-state index contributed by atoms with van der Waals surface area (Å²) in [7, 11) is 0. The number of aromatic amines is 1. The number of carbonyl (C=O) groups excluding carboxylic acids is 1. The van der Waals surface area contributed by atoms with Crippen molar-refractivity contribution in [3.63, 3.8) is 0 Å². The van der Waals surface area contributed by atoms with Crippen molar-refractivity contribution < 1.29 is 4.79 Å². The molecule has 0 fully saturated rings. The molecule has 0 aliphatic heterocycles. The zero-order chi connectivity index (χ0) is 11.5. The van der Waals surface area contributed by atoms with Crippen LogP contribution in [-0.2, 0) is 0 Å². The molecule has 2 N–H and O–H groups in total. The Hall–Kier alpha value is -1.53. The number of amides is 1. The first-order valence-electron chi connectivity index (χ1n) is 4.59. The molecule has 0 aliphatic rings. The second-order valence-electron chi connectivity index (χ2n) is 3.19. The van der Waals surface area contributed by atoms with Crippen LogP contribution >= 0.6 is 23.6 Å². The highest BCUT2D eigenvalue weighted by molar-refractivity contribution is 7.73. The van der Waals surface area contributed by atoms with Crippen molar-refractivity contribution in [2.75, 3.05) is 5.32 Å². The van der Waals surface area contributed by atoms with Gasteiger partial charge in [-0.15, -0.1) is 0 Å². The molecule has 1 heterocycles. The van der Waals surface area contributed by atoms with Gasteiger partial charge in [-0.05, 0) is 30.8 Å². The van der Waals surface area contributed by atoms with Gasteiger partial charge in [0.25, 0.3) is 5.91 Å². The third-order valence-electron chi connectivity index (χ3n) is 2.03. The van der Waals surface area contributed by atoms with Crippen molar-refractivity contribution in [2.45, 2.75) is 6.92 Å². The number of nitrogens with one attached hydrogen (secondary N) is 2. The summed E-state index contributed by atoms with van der Waals surface area (Å²) in [6.45, 7) is 1.93. The molecular weight excluding hydrogens is 242 g/mol. The number of aromatic nitrogens is 2. The SMILES string of the molecule is Cc1ccccc1NC(=O)c1n[nH]c(=S)s1. The number of aryl methyl sites for hydroxylation is 1. The molecule has 2 rings (SSSR count). The Labute approximate surface area is 101 Å². The van der Waals surface area contributed by atoms with Crippen molar-refractivity contribution in [1.82, 2.24) is 10.2 Å². The van der Waals surface area contributed by atoms with Crippen LogP contribution in [0.4, 0.5) is 5.69 Å². The summed E-state index contributed by atoms with van der Waals surface area (Å²) in [5.74, 6) is -0.244. The summed E-state index contributed by atoms with van der Waals surface area (Å²) in [5, 5.41) is 9.51. The Morgan fingerprint density at radius 1 is 1.50 bits per heavy atom. The fraction of sp³-hybridized carbons (Fsp3) is 0.100. The highest BCUT2D eigenvalue weighted by Crippen LogP contribution is 2.15. The topological polar surface area (TPSA) is 57.8 Å². The van der Waals surface area contributed by atoms with E-state index in [1.807, 2.05) is 31.2 Å². The number of anilines is 1. The minimum atomic E-state index is -0.244. The van der Waals surface area contributed by atoms with E-state index in [0.717, 1.165) is 22.6 Å². The van der Waals surface area contributed by atoms with Gasteiger partial charge in [0.2, 0.25) is 5.01 Å². The number of para-hydroxylation sites is 1. The average molecular weight is 251 g/mol. The molecule has 0 saturated heterocycles. The van der Waals surface area contributed by atoms with Crippen LogP contribution in [0.2, 0.25) is 0 Å². The lowest BCUT2D eigenvalue weighted by atomic mass is 10.2. The van der Waals surface area contributed by atoms with E-state index in [0.29, 0.717) is 8.96 Å². The molecule has 0 unspecified atom stereocenters. The van der Waals surface area contributed by atoms with Crippen LogP contribution in [0.3, 0.4) is 0 Å². The maximum Gasteiger partial charge on any atom is 0.286 e. The van der Waals surface area contributed by atoms with Crippen molar-refractivity contribution in [3.8, 4) is 0 Å². The normalized spacial score (nSPS) is 10.1. The third kappa shape index (κ3) is 2.34. The molecule has 4 nitrogen and oxygen atoms in total. The second kappa shape index (κ2) is 4.54. The van der Waals surface area contributed by atoms with E-state index in [4.69, 9.17) is 12.2 Å². The Bertz CT molecular complexity index is 573. The Morgan fingerprint density at radius 2 is 2.25 bits per heavy atom. The van der Waals surface area contributed by atoms with Gasteiger partial charge in [-0.1, -0.05) is 29.5 Å². The quantitative estimate of drug-likeness (QED) is 0.807. The molecule has 0 aliphatic carbocycles. The smallest absolute Gasteiger partial charge is 0.286 e. The van der Waals surface area contributed by atoms with E-state index in [2.05, 4.69) is 15.5 Å². The maximum atomic E-state index is 11.8. The van der Waals surface area contributed by atoms with Crippen LogP contribution in [0, 0.1) is 10.9 Å². The highest BCUT2D eigenvalue weighted by Gasteiger charge is 2.10. The zero-order valence-electron chi connectivity index (χ0n) is 8.48. The second-order valence-corrected chi connectivity index (χ2v) is 4.85. The molecule has 0 atom stereocenters. The van der Waals surface area contributed by atoms with E-state index in [1.165, 1.54) is 0 Å². The molecule has 0 bridgehead atoms. The van der Waals surface area contributed by atoms with E-state index in [1.54, 1.807) is 0 Å². The van der Waals surface area contributed by atoms with Gasteiger partial charge in [0.1, 0.15) is 0 Å². The number of benzene rings is 1. The maximum absolute atomic E-state index is 11.8. The summed E-state index contributed by atoms with van der Waals surface area (Å²) >= 11 is 6.02. The molecule has 1 aromatic carbocycles. The molecule has 82 valence electrons. The fourth-order valence-corrected chi connectivity index (χ4v) is 2.00. The lowest BCUT2D eigenvalue weighted by Crippen LogP contribution is -2.12. The molecule has 6 heteroatoms. The van der Waals surface area contributed by atoms with Crippen molar-refractivity contribution in [3.05, 3.63) is 38.8 Å². The molecule has 16 heavy (non-hydrogen) atoms. The number of nitrogens with zero attached hydrogens (tertiary/aromatic N) is 1. The van der Waals surface area contributed by atoms with Crippen molar-refractivity contribution in [2.24, 2.45) is 0 Å². The first-order chi connectivity index (χ1) is 7.66. The van der Waals surface area contributed by atoms with Crippen LogP contribution < -0.4 is 5.32 Å². The van der Waals surface area contributed by atoms with Gasteiger partial charge in [-0.2, -0.15) is 5.10 Å². The predicted molar refractivity (Wildman–Crippen MR) is 66.4 cm³/mol. The number of carbonyl (C=O) groups is 1. The van der Waals surface area contributed by atoms with Crippen LogP contribution in [-0.4, -0.2) is 16.1 Å². The summed E-state index contributed by atoms with van der Waals surface area (Å²) in [6, 6.07) is 7.57. The van der Waals surface area contributed by atoms with E-state index in [9.17, 15) is 4.79 Å². The summed E-state index contributed by atoms with van der Waals surface area (Å²) in [6.07, 6.45) is 0. The summed E-state index contributed by atoms with van der Waals surface area (Å²) in [5.41, 5.74) is 1.80. The minimum Gasteiger partial charge on any atom is -0.320 e. The lowest BCUT2D eigenvalue weighted by Gasteiger charge is -2.05. The van der Waals surface area contributed by atoms with Gasteiger partial charge in [-0.3, -0.25) is 9.89 Å².